The van der Waals surface area contributed by atoms with E-state index in [9.17, 15) is 9.90 Å². The number of benzene rings is 2. The van der Waals surface area contributed by atoms with E-state index in [1.165, 1.54) is 0 Å². The highest BCUT2D eigenvalue weighted by Gasteiger charge is 2.51. The maximum Gasteiger partial charge on any atom is 0.272 e. The minimum Gasteiger partial charge on any atom is -0.388 e. The molecule has 0 radical (unpaired) electrons. The smallest absolute Gasteiger partial charge is 0.272 e. The van der Waals surface area contributed by atoms with Crippen molar-refractivity contribution in [3.8, 4) is 0 Å². The summed E-state index contributed by atoms with van der Waals surface area (Å²) in [5, 5.41) is 13.7. The SMILES string of the molecule is O=C(N[C@H]1[C@@H](OCc2ccccc2)O[C@@H]2COC(c3ccccc3)O[C@H]2[C@@H]1O)C(Cl)(Cl)Cl. The molecule has 1 unspecified atom stereocenters. The lowest BCUT2D eigenvalue weighted by atomic mass is 9.95. The van der Waals surface area contributed by atoms with E-state index in [0.717, 1.165) is 11.1 Å². The van der Waals surface area contributed by atoms with Gasteiger partial charge in [0.25, 0.3) is 9.70 Å². The highest BCUT2D eigenvalue weighted by Crippen LogP contribution is 2.35. The fourth-order valence-electron chi connectivity index (χ4n) is 3.65. The Kier molecular flexibility index (Phi) is 7.59. The van der Waals surface area contributed by atoms with Crippen molar-refractivity contribution in [2.75, 3.05) is 6.61 Å². The van der Waals surface area contributed by atoms with Crippen LogP contribution < -0.4 is 5.32 Å². The molecular formula is C22H22Cl3NO6. The van der Waals surface area contributed by atoms with Gasteiger partial charge in [0.15, 0.2) is 12.6 Å². The molecule has 2 N–H and O–H groups in total. The summed E-state index contributed by atoms with van der Waals surface area (Å²) in [4.78, 5) is 12.3. The van der Waals surface area contributed by atoms with Crippen LogP contribution in [-0.4, -0.2) is 52.1 Å². The van der Waals surface area contributed by atoms with Crippen LogP contribution in [0.5, 0.6) is 0 Å². The minimum absolute atomic E-state index is 0.164. The molecular weight excluding hydrogens is 481 g/mol. The first-order valence-corrected chi connectivity index (χ1v) is 11.1. The van der Waals surface area contributed by atoms with E-state index in [-0.39, 0.29) is 13.2 Å². The third-order valence-corrected chi connectivity index (χ3v) is 5.76. The summed E-state index contributed by atoms with van der Waals surface area (Å²) < 4.78 is 21.5. The van der Waals surface area contributed by atoms with Crippen LogP contribution in [0.25, 0.3) is 0 Å². The molecule has 2 aliphatic heterocycles. The van der Waals surface area contributed by atoms with Gasteiger partial charge in [0.05, 0.1) is 13.2 Å². The second-order valence-electron chi connectivity index (χ2n) is 7.50. The van der Waals surface area contributed by atoms with Crippen molar-refractivity contribution < 1.29 is 28.8 Å². The van der Waals surface area contributed by atoms with E-state index in [1.807, 2.05) is 60.7 Å². The standard InChI is InChI=1S/C22H22Cl3NO6/c23-22(24,25)21(28)26-16-17(27)18-15(12-30-19(32-18)14-9-5-2-6-10-14)31-20(16)29-11-13-7-3-1-4-8-13/h1-10,15-20,27H,11-12H2,(H,26,28)/t15-,16-,17-,18-,19?,20+/m1/s1. The highest BCUT2D eigenvalue weighted by molar-refractivity contribution is 6.76. The number of fused-ring (bicyclic) bond motifs is 1. The topological polar surface area (TPSA) is 86.3 Å². The van der Waals surface area contributed by atoms with Gasteiger partial charge >= 0.3 is 0 Å². The van der Waals surface area contributed by atoms with Gasteiger partial charge in [-0.05, 0) is 5.56 Å². The van der Waals surface area contributed by atoms with Crippen molar-refractivity contribution in [2.45, 2.75) is 47.3 Å². The van der Waals surface area contributed by atoms with E-state index in [2.05, 4.69) is 5.32 Å². The van der Waals surface area contributed by atoms with Crippen molar-refractivity contribution >= 4 is 40.7 Å². The average Bonchev–Trinajstić information content (AvgIpc) is 2.80. The largest absolute Gasteiger partial charge is 0.388 e. The highest BCUT2D eigenvalue weighted by atomic mass is 35.6. The van der Waals surface area contributed by atoms with Gasteiger partial charge in [0.2, 0.25) is 0 Å². The zero-order valence-electron chi connectivity index (χ0n) is 16.8. The number of carbonyl (C=O) groups is 1. The summed E-state index contributed by atoms with van der Waals surface area (Å²) in [6, 6.07) is 17.7. The predicted octanol–water partition coefficient (Wildman–Crippen LogP) is 3.26. The van der Waals surface area contributed by atoms with Crippen LogP contribution in [0.4, 0.5) is 0 Å². The number of carbonyl (C=O) groups excluding carboxylic acids is 1. The van der Waals surface area contributed by atoms with Gasteiger partial charge in [-0.1, -0.05) is 95.5 Å². The molecule has 6 atom stereocenters. The van der Waals surface area contributed by atoms with Crippen molar-refractivity contribution in [1.29, 1.82) is 0 Å². The van der Waals surface area contributed by atoms with Gasteiger partial charge in [-0.25, -0.2) is 0 Å². The van der Waals surface area contributed by atoms with Gasteiger partial charge in [0.1, 0.15) is 24.4 Å². The number of rotatable bonds is 5. The second kappa shape index (κ2) is 10.2. The molecule has 2 fully saturated rings. The van der Waals surface area contributed by atoms with Gasteiger partial charge in [-0.15, -0.1) is 0 Å². The van der Waals surface area contributed by atoms with Gasteiger partial charge < -0.3 is 29.4 Å². The molecule has 2 saturated heterocycles. The van der Waals surface area contributed by atoms with Crippen molar-refractivity contribution in [2.24, 2.45) is 0 Å². The van der Waals surface area contributed by atoms with Crippen LogP contribution in [0.1, 0.15) is 17.4 Å². The molecule has 172 valence electrons. The quantitative estimate of drug-likeness (QED) is 0.611. The fourth-order valence-corrected chi connectivity index (χ4v) is 3.82. The fraction of sp³-hybridized carbons (Fsp3) is 0.409. The van der Waals surface area contributed by atoms with E-state index in [1.54, 1.807) is 0 Å². The van der Waals surface area contributed by atoms with Gasteiger partial charge in [-0.2, -0.15) is 0 Å². The maximum atomic E-state index is 12.3. The van der Waals surface area contributed by atoms with E-state index in [4.69, 9.17) is 53.8 Å². The number of halogens is 3. The number of nitrogens with one attached hydrogen (secondary N) is 1. The number of alkyl halides is 3. The molecule has 0 bridgehead atoms. The summed E-state index contributed by atoms with van der Waals surface area (Å²) in [6.07, 6.45) is -4.34. The predicted molar refractivity (Wildman–Crippen MR) is 118 cm³/mol. The molecule has 10 heteroatoms. The number of hydrogen-bond acceptors (Lipinski definition) is 6. The molecule has 0 spiro atoms. The van der Waals surface area contributed by atoms with Crippen LogP contribution in [0, 0.1) is 0 Å². The van der Waals surface area contributed by atoms with Crippen LogP contribution in [-0.2, 0) is 30.3 Å². The van der Waals surface area contributed by atoms with Crippen molar-refractivity contribution in [3.63, 3.8) is 0 Å². The number of aliphatic hydroxyl groups excluding tert-OH is 1. The van der Waals surface area contributed by atoms with Crippen LogP contribution >= 0.6 is 34.8 Å². The first-order valence-electron chi connectivity index (χ1n) is 10.0. The lowest BCUT2D eigenvalue weighted by Crippen LogP contribution is -2.67. The Morgan fingerprint density at radius 2 is 1.72 bits per heavy atom. The first-order chi connectivity index (χ1) is 15.3. The van der Waals surface area contributed by atoms with Gasteiger partial charge in [-0.3, -0.25) is 4.79 Å². The number of aliphatic hydroxyl groups is 1. The van der Waals surface area contributed by atoms with Crippen molar-refractivity contribution in [3.05, 3.63) is 71.8 Å². The molecule has 2 heterocycles. The Morgan fingerprint density at radius 1 is 1.06 bits per heavy atom. The zero-order chi connectivity index (χ0) is 22.7. The molecule has 2 aromatic carbocycles. The van der Waals surface area contributed by atoms with Gasteiger partial charge in [0, 0.05) is 5.56 Å². The Hall–Kier alpha value is -1.42. The van der Waals surface area contributed by atoms with Crippen molar-refractivity contribution in [1.82, 2.24) is 5.32 Å². The molecule has 0 aliphatic carbocycles. The zero-order valence-corrected chi connectivity index (χ0v) is 19.0. The first kappa shape index (κ1) is 23.7. The molecule has 1 amide bonds. The van der Waals surface area contributed by atoms with Crippen LogP contribution in [0.15, 0.2) is 60.7 Å². The molecule has 2 aliphatic rings. The lowest BCUT2D eigenvalue weighted by Gasteiger charge is -2.48. The third kappa shape index (κ3) is 5.55. The lowest BCUT2D eigenvalue weighted by molar-refractivity contribution is -0.345. The summed E-state index contributed by atoms with van der Waals surface area (Å²) in [6.45, 7) is 0.349. The molecule has 4 rings (SSSR count). The Morgan fingerprint density at radius 3 is 2.38 bits per heavy atom. The molecule has 0 saturated carbocycles. The Labute approximate surface area is 200 Å². The van der Waals surface area contributed by atoms with E-state index >= 15 is 0 Å². The summed E-state index contributed by atoms with van der Waals surface area (Å²) in [5.41, 5.74) is 1.68. The number of ether oxygens (including phenoxy) is 4. The minimum atomic E-state index is -2.22. The molecule has 0 aromatic heterocycles. The number of hydrogen-bond donors (Lipinski definition) is 2. The average molecular weight is 503 g/mol. The van der Waals surface area contributed by atoms with E-state index in [0.29, 0.717) is 0 Å². The molecule has 2 aromatic rings. The van der Waals surface area contributed by atoms with Crippen LogP contribution in [0.3, 0.4) is 0 Å². The monoisotopic (exact) mass is 501 g/mol. The Balaban J connectivity index is 1.51. The Bertz CT molecular complexity index is 898. The second-order valence-corrected chi connectivity index (χ2v) is 9.78. The number of amides is 1. The van der Waals surface area contributed by atoms with Crippen LogP contribution in [0.2, 0.25) is 0 Å². The molecule has 32 heavy (non-hydrogen) atoms. The molecule has 7 nitrogen and oxygen atoms in total. The maximum absolute atomic E-state index is 12.3. The summed E-state index contributed by atoms with van der Waals surface area (Å²) in [5.74, 6) is -0.909. The van der Waals surface area contributed by atoms with E-state index < -0.39 is 46.6 Å². The summed E-state index contributed by atoms with van der Waals surface area (Å²) >= 11 is 17.1. The normalized spacial score (nSPS) is 30.4. The third-order valence-electron chi connectivity index (χ3n) is 5.25. The summed E-state index contributed by atoms with van der Waals surface area (Å²) in [7, 11) is 0.